The van der Waals surface area contributed by atoms with E-state index in [1.165, 1.54) is 13.2 Å². The van der Waals surface area contributed by atoms with E-state index in [4.69, 9.17) is 15.3 Å². The summed E-state index contributed by atoms with van der Waals surface area (Å²) in [4.78, 5) is 9.97. The molecule has 1 aromatic rings. The van der Waals surface area contributed by atoms with Crippen molar-refractivity contribution < 1.29 is 9.66 Å². The van der Waals surface area contributed by atoms with Crippen LogP contribution in [0.2, 0.25) is 0 Å². The minimum absolute atomic E-state index is 0.0237. The van der Waals surface area contributed by atoms with E-state index in [0.29, 0.717) is 5.56 Å². The number of nitro groups is 1. The van der Waals surface area contributed by atoms with E-state index in [2.05, 4.69) is 0 Å². The lowest BCUT2D eigenvalue weighted by Gasteiger charge is -2.06. The highest BCUT2D eigenvalue weighted by molar-refractivity contribution is 5.55. The van der Waals surface area contributed by atoms with Gasteiger partial charge in [0, 0.05) is 11.6 Å². The predicted molar refractivity (Wildman–Crippen MR) is 53.7 cm³/mol. The first-order valence-corrected chi connectivity index (χ1v) is 4.26. The molecular formula is C10H7N3O3. The number of rotatable bonds is 3. The third-order valence-electron chi connectivity index (χ3n) is 2.00. The van der Waals surface area contributed by atoms with E-state index in [9.17, 15) is 10.1 Å². The first-order valence-electron chi connectivity index (χ1n) is 4.26. The summed E-state index contributed by atoms with van der Waals surface area (Å²) in [5.74, 6) is 0.187. The van der Waals surface area contributed by atoms with Crippen LogP contribution in [-0.4, -0.2) is 12.0 Å². The maximum atomic E-state index is 10.6. The van der Waals surface area contributed by atoms with Gasteiger partial charge >= 0.3 is 0 Å². The van der Waals surface area contributed by atoms with Crippen LogP contribution in [0.1, 0.15) is 11.1 Å². The van der Waals surface area contributed by atoms with Crippen molar-refractivity contribution in [3.8, 4) is 17.9 Å². The quantitative estimate of drug-likeness (QED) is 0.564. The van der Waals surface area contributed by atoms with Gasteiger partial charge in [0.05, 0.1) is 42.2 Å². The first kappa shape index (κ1) is 11.5. The Morgan fingerprint density at radius 3 is 2.62 bits per heavy atom. The van der Waals surface area contributed by atoms with Crippen molar-refractivity contribution in [1.82, 2.24) is 0 Å². The lowest BCUT2D eigenvalue weighted by Crippen LogP contribution is -1.98. The van der Waals surface area contributed by atoms with E-state index >= 15 is 0 Å². The van der Waals surface area contributed by atoms with Crippen LogP contribution in [0.4, 0.5) is 5.69 Å². The summed E-state index contributed by atoms with van der Waals surface area (Å²) >= 11 is 0. The van der Waals surface area contributed by atoms with E-state index < -0.39 is 4.92 Å². The highest BCUT2D eigenvalue weighted by Gasteiger charge is 2.16. The molecule has 0 spiro atoms. The van der Waals surface area contributed by atoms with E-state index in [1.807, 2.05) is 12.1 Å². The van der Waals surface area contributed by atoms with E-state index in [0.717, 1.165) is 6.07 Å². The fraction of sp³-hybridized carbons (Fsp3) is 0.200. The number of ether oxygens (including phenoxy) is 1. The molecule has 0 aliphatic carbocycles. The Morgan fingerprint density at radius 2 is 2.19 bits per heavy atom. The number of nitro benzene ring substituents is 1. The van der Waals surface area contributed by atoms with Gasteiger partial charge in [-0.05, 0) is 0 Å². The Labute approximate surface area is 91.4 Å². The predicted octanol–water partition coefficient (Wildman–Crippen LogP) is 1.54. The molecule has 0 fully saturated rings. The van der Waals surface area contributed by atoms with Crippen LogP contribution in [0.5, 0.6) is 5.75 Å². The molecule has 0 radical (unpaired) electrons. The summed E-state index contributed by atoms with van der Waals surface area (Å²) in [7, 11) is 1.33. The van der Waals surface area contributed by atoms with Crippen LogP contribution in [-0.2, 0) is 6.42 Å². The van der Waals surface area contributed by atoms with Crippen LogP contribution in [0, 0.1) is 32.8 Å². The zero-order valence-electron chi connectivity index (χ0n) is 8.43. The van der Waals surface area contributed by atoms with Gasteiger partial charge < -0.3 is 4.74 Å². The van der Waals surface area contributed by atoms with Crippen molar-refractivity contribution in [1.29, 1.82) is 10.5 Å². The van der Waals surface area contributed by atoms with Crippen molar-refractivity contribution in [3.05, 3.63) is 33.4 Å². The Bertz CT molecular complexity index is 511. The molecule has 0 heterocycles. The molecule has 0 atom stereocenters. The molecule has 0 aromatic heterocycles. The molecule has 80 valence electrons. The van der Waals surface area contributed by atoms with E-state index in [1.54, 1.807) is 0 Å². The van der Waals surface area contributed by atoms with Crippen LogP contribution in [0.25, 0.3) is 0 Å². The Hall–Kier alpha value is -2.60. The monoisotopic (exact) mass is 217 g/mol. The molecule has 6 nitrogen and oxygen atoms in total. The van der Waals surface area contributed by atoms with Gasteiger partial charge in [-0.1, -0.05) is 0 Å². The van der Waals surface area contributed by atoms with Crippen LogP contribution in [0.3, 0.4) is 0 Å². The molecule has 0 bridgehead atoms. The van der Waals surface area contributed by atoms with Crippen LogP contribution >= 0.6 is 0 Å². The fourth-order valence-electron chi connectivity index (χ4n) is 1.28. The second-order valence-electron chi connectivity index (χ2n) is 2.88. The molecule has 0 saturated carbocycles. The van der Waals surface area contributed by atoms with Crippen LogP contribution < -0.4 is 4.74 Å². The van der Waals surface area contributed by atoms with Gasteiger partial charge in [-0.15, -0.1) is 0 Å². The minimum atomic E-state index is -0.612. The number of hydrogen-bond acceptors (Lipinski definition) is 5. The van der Waals surface area contributed by atoms with Gasteiger partial charge in [0.1, 0.15) is 5.75 Å². The number of hydrogen-bond donors (Lipinski definition) is 0. The van der Waals surface area contributed by atoms with Gasteiger partial charge in [-0.3, -0.25) is 10.1 Å². The number of nitriles is 2. The highest BCUT2D eigenvalue weighted by Crippen LogP contribution is 2.28. The average Bonchev–Trinajstić information content (AvgIpc) is 2.29. The summed E-state index contributed by atoms with van der Waals surface area (Å²) in [5, 5.41) is 28.0. The normalized spacial score (nSPS) is 8.94. The largest absolute Gasteiger partial charge is 0.496 e. The van der Waals surface area contributed by atoms with Gasteiger partial charge in [0.25, 0.3) is 5.69 Å². The molecule has 6 heteroatoms. The number of benzene rings is 1. The third kappa shape index (κ3) is 2.07. The second-order valence-corrected chi connectivity index (χ2v) is 2.88. The fourth-order valence-corrected chi connectivity index (χ4v) is 1.28. The Balaban J connectivity index is 3.45. The molecule has 0 unspecified atom stereocenters. The molecule has 0 amide bonds. The van der Waals surface area contributed by atoms with Crippen molar-refractivity contribution in [2.45, 2.75) is 6.42 Å². The molecule has 0 saturated heterocycles. The number of non-ortho nitro benzene ring substituents is 1. The molecule has 16 heavy (non-hydrogen) atoms. The molecule has 1 aromatic carbocycles. The van der Waals surface area contributed by atoms with Crippen molar-refractivity contribution in [3.63, 3.8) is 0 Å². The van der Waals surface area contributed by atoms with Gasteiger partial charge in [-0.2, -0.15) is 10.5 Å². The van der Waals surface area contributed by atoms with E-state index in [-0.39, 0.29) is 23.4 Å². The Morgan fingerprint density at radius 1 is 1.50 bits per heavy atom. The number of nitrogens with zero attached hydrogens (tertiary/aromatic N) is 3. The van der Waals surface area contributed by atoms with Crippen molar-refractivity contribution in [2.24, 2.45) is 0 Å². The third-order valence-corrected chi connectivity index (χ3v) is 2.00. The SMILES string of the molecule is COc1cc([N+](=O)[O-])cc(C#N)c1CC#N. The maximum Gasteiger partial charge on any atom is 0.274 e. The standard InChI is InChI=1S/C10H7N3O3/c1-16-10-5-8(13(14)15)4-7(6-12)9(10)2-3-11/h4-5H,2H2,1H3. The molecule has 1 rings (SSSR count). The minimum Gasteiger partial charge on any atom is -0.496 e. The smallest absolute Gasteiger partial charge is 0.274 e. The topological polar surface area (TPSA) is 99.9 Å². The summed E-state index contributed by atoms with van der Waals surface area (Å²) in [6, 6.07) is 6.03. The van der Waals surface area contributed by atoms with Gasteiger partial charge in [0.2, 0.25) is 0 Å². The Kier molecular flexibility index (Phi) is 3.41. The zero-order chi connectivity index (χ0) is 12.1. The molecular weight excluding hydrogens is 210 g/mol. The average molecular weight is 217 g/mol. The molecule has 0 N–H and O–H groups in total. The molecule has 0 aliphatic rings. The first-order chi connectivity index (χ1) is 7.63. The lowest BCUT2D eigenvalue weighted by atomic mass is 10.0. The molecule has 0 aliphatic heterocycles. The van der Waals surface area contributed by atoms with Gasteiger partial charge in [-0.25, -0.2) is 0 Å². The van der Waals surface area contributed by atoms with Crippen molar-refractivity contribution in [2.75, 3.05) is 7.11 Å². The zero-order valence-corrected chi connectivity index (χ0v) is 8.43. The summed E-state index contributed by atoms with van der Waals surface area (Å²) in [6.07, 6.45) is -0.0237. The highest BCUT2D eigenvalue weighted by atomic mass is 16.6. The summed E-state index contributed by atoms with van der Waals surface area (Å²) in [6.45, 7) is 0. The lowest BCUT2D eigenvalue weighted by molar-refractivity contribution is -0.385. The summed E-state index contributed by atoms with van der Waals surface area (Å²) < 4.78 is 4.92. The van der Waals surface area contributed by atoms with Gasteiger partial charge in [0.15, 0.2) is 0 Å². The van der Waals surface area contributed by atoms with Crippen molar-refractivity contribution >= 4 is 5.69 Å². The van der Waals surface area contributed by atoms with Crippen LogP contribution in [0.15, 0.2) is 12.1 Å². The second kappa shape index (κ2) is 4.76. The summed E-state index contributed by atoms with van der Waals surface area (Å²) in [5.41, 5.74) is 0.237. The number of methoxy groups -OCH3 is 1. The maximum absolute atomic E-state index is 10.6.